The molecular weight excluding hydrogens is 278 g/mol. The van der Waals surface area contributed by atoms with Crippen LogP contribution in [0.3, 0.4) is 0 Å². The molecule has 5 heteroatoms. The number of nitrogens with one attached hydrogen (secondary N) is 2. The van der Waals surface area contributed by atoms with Crippen molar-refractivity contribution in [2.45, 2.75) is 64.1 Å². The molecule has 1 aliphatic carbocycles. The number of amides is 1. The summed E-state index contributed by atoms with van der Waals surface area (Å²) in [5, 5.41) is 6.26. The smallest absolute Gasteiger partial charge is 0.412 e. The van der Waals surface area contributed by atoms with Gasteiger partial charge in [-0.1, -0.05) is 6.07 Å². The van der Waals surface area contributed by atoms with Gasteiger partial charge in [-0.3, -0.25) is 5.32 Å². The van der Waals surface area contributed by atoms with Crippen LogP contribution in [0.4, 0.5) is 16.2 Å². The van der Waals surface area contributed by atoms with E-state index in [1.54, 1.807) is 0 Å². The second kappa shape index (κ2) is 7.01. The summed E-state index contributed by atoms with van der Waals surface area (Å²) in [6, 6.07) is 8.37. The number of ether oxygens (including phenoxy) is 1. The molecule has 5 nitrogen and oxygen atoms in total. The van der Waals surface area contributed by atoms with Gasteiger partial charge in [0.05, 0.1) is 0 Å². The molecule has 2 rings (SSSR count). The molecule has 1 aromatic carbocycles. The third-order valence-electron chi connectivity index (χ3n) is 3.59. The van der Waals surface area contributed by atoms with Crippen molar-refractivity contribution in [3.05, 3.63) is 24.3 Å². The van der Waals surface area contributed by atoms with Crippen molar-refractivity contribution in [3.8, 4) is 0 Å². The van der Waals surface area contributed by atoms with Crippen LogP contribution in [0.5, 0.6) is 0 Å². The van der Waals surface area contributed by atoms with E-state index >= 15 is 0 Å². The lowest BCUT2D eigenvalue weighted by atomic mass is 9.91. The van der Waals surface area contributed by atoms with Crippen molar-refractivity contribution < 1.29 is 9.53 Å². The number of hydrogen-bond acceptors (Lipinski definition) is 4. The standard InChI is InChI=1S/C17H27N3O2/c1-17(2,3)22-16(21)20-15-9-5-8-14(11-15)19-13-7-4-6-12(18)10-13/h5,8-9,11-13,19H,4,6-7,10,18H2,1-3H3,(H,20,21). The first kappa shape index (κ1) is 16.6. The lowest BCUT2D eigenvalue weighted by Crippen LogP contribution is -2.34. The summed E-state index contributed by atoms with van der Waals surface area (Å²) in [5.74, 6) is 0. The van der Waals surface area contributed by atoms with Gasteiger partial charge in [0.2, 0.25) is 0 Å². The van der Waals surface area contributed by atoms with Crippen LogP contribution in [0.1, 0.15) is 46.5 Å². The minimum Gasteiger partial charge on any atom is -0.444 e. The molecule has 2 unspecified atom stereocenters. The zero-order valence-corrected chi connectivity index (χ0v) is 13.7. The van der Waals surface area contributed by atoms with E-state index in [1.807, 2.05) is 45.0 Å². The molecule has 0 aliphatic heterocycles. The largest absolute Gasteiger partial charge is 0.444 e. The normalized spacial score (nSPS) is 22.0. The number of nitrogens with two attached hydrogens (primary N) is 1. The van der Waals surface area contributed by atoms with Crippen LogP contribution in [0, 0.1) is 0 Å². The second-order valence-corrected chi connectivity index (χ2v) is 6.98. The summed E-state index contributed by atoms with van der Waals surface area (Å²) in [6.45, 7) is 5.53. The number of carbonyl (C=O) groups excluding carboxylic acids is 1. The molecule has 1 saturated carbocycles. The zero-order valence-electron chi connectivity index (χ0n) is 13.7. The van der Waals surface area contributed by atoms with E-state index in [2.05, 4.69) is 10.6 Å². The molecule has 2 atom stereocenters. The summed E-state index contributed by atoms with van der Waals surface area (Å²) in [7, 11) is 0. The van der Waals surface area contributed by atoms with Gasteiger partial charge in [-0.15, -0.1) is 0 Å². The predicted molar refractivity (Wildman–Crippen MR) is 90.2 cm³/mol. The van der Waals surface area contributed by atoms with E-state index in [9.17, 15) is 4.79 Å². The lowest BCUT2D eigenvalue weighted by Gasteiger charge is -2.28. The SMILES string of the molecule is CC(C)(C)OC(=O)Nc1cccc(NC2CCCC(N)C2)c1. The fraction of sp³-hybridized carbons (Fsp3) is 0.588. The lowest BCUT2D eigenvalue weighted by molar-refractivity contribution is 0.0636. The Morgan fingerprint density at radius 1 is 1.27 bits per heavy atom. The van der Waals surface area contributed by atoms with Crippen LogP contribution in [-0.4, -0.2) is 23.8 Å². The summed E-state index contributed by atoms with van der Waals surface area (Å²) in [5.41, 5.74) is 7.23. The number of benzene rings is 1. The Labute approximate surface area is 132 Å². The minimum atomic E-state index is -0.502. The molecule has 122 valence electrons. The molecule has 1 amide bonds. The average Bonchev–Trinajstić information content (AvgIpc) is 2.36. The molecule has 4 N–H and O–H groups in total. The van der Waals surface area contributed by atoms with E-state index in [0.717, 1.165) is 37.1 Å². The molecule has 1 aliphatic rings. The van der Waals surface area contributed by atoms with Crippen molar-refractivity contribution in [2.75, 3.05) is 10.6 Å². The molecule has 0 heterocycles. The van der Waals surface area contributed by atoms with Crippen molar-refractivity contribution in [1.82, 2.24) is 0 Å². The van der Waals surface area contributed by atoms with Gasteiger partial charge in [-0.2, -0.15) is 0 Å². The second-order valence-electron chi connectivity index (χ2n) is 6.98. The number of hydrogen-bond donors (Lipinski definition) is 3. The van der Waals surface area contributed by atoms with Crippen LogP contribution in [0.2, 0.25) is 0 Å². The fourth-order valence-corrected chi connectivity index (χ4v) is 2.70. The van der Waals surface area contributed by atoms with E-state index in [0.29, 0.717) is 6.04 Å². The summed E-state index contributed by atoms with van der Waals surface area (Å²) < 4.78 is 5.26. The molecule has 0 bridgehead atoms. The molecule has 1 fully saturated rings. The van der Waals surface area contributed by atoms with E-state index in [4.69, 9.17) is 10.5 Å². The van der Waals surface area contributed by atoms with E-state index in [-0.39, 0.29) is 6.04 Å². The zero-order chi connectivity index (χ0) is 16.2. The Hall–Kier alpha value is -1.75. The van der Waals surface area contributed by atoms with Crippen molar-refractivity contribution >= 4 is 17.5 Å². The Morgan fingerprint density at radius 2 is 2.00 bits per heavy atom. The van der Waals surface area contributed by atoms with Crippen LogP contribution >= 0.6 is 0 Å². The molecule has 0 aromatic heterocycles. The first-order valence-corrected chi connectivity index (χ1v) is 7.94. The predicted octanol–water partition coefficient (Wildman–Crippen LogP) is 3.72. The van der Waals surface area contributed by atoms with Gasteiger partial charge in [0.15, 0.2) is 0 Å². The molecule has 1 aromatic rings. The first-order chi connectivity index (χ1) is 10.3. The number of carbonyl (C=O) groups is 1. The van der Waals surface area contributed by atoms with Gasteiger partial charge in [0, 0.05) is 23.5 Å². The molecule has 0 spiro atoms. The highest BCUT2D eigenvalue weighted by molar-refractivity contribution is 5.85. The van der Waals surface area contributed by atoms with Gasteiger partial charge in [0.1, 0.15) is 5.60 Å². The van der Waals surface area contributed by atoms with Crippen molar-refractivity contribution in [1.29, 1.82) is 0 Å². The van der Waals surface area contributed by atoms with Gasteiger partial charge < -0.3 is 15.8 Å². The third kappa shape index (κ3) is 5.56. The van der Waals surface area contributed by atoms with Gasteiger partial charge in [-0.05, 0) is 64.7 Å². The summed E-state index contributed by atoms with van der Waals surface area (Å²) in [4.78, 5) is 11.8. The monoisotopic (exact) mass is 305 g/mol. The Morgan fingerprint density at radius 3 is 2.68 bits per heavy atom. The van der Waals surface area contributed by atoms with Crippen LogP contribution in [0.15, 0.2) is 24.3 Å². The van der Waals surface area contributed by atoms with E-state index < -0.39 is 11.7 Å². The van der Waals surface area contributed by atoms with Crippen LogP contribution in [0.25, 0.3) is 0 Å². The molecule has 0 radical (unpaired) electrons. The quantitative estimate of drug-likeness (QED) is 0.795. The number of anilines is 2. The van der Waals surface area contributed by atoms with Crippen LogP contribution in [-0.2, 0) is 4.74 Å². The summed E-state index contributed by atoms with van der Waals surface area (Å²) >= 11 is 0. The Balaban J connectivity index is 1.93. The molecular formula is C17H27N3O2. The maximum Gasteiger partial charge on any atom is 0.412 e. The van der Waals surface area contributed by atoms with Crippen molar-refractivity contribution in [2.24, 2.45) is 5.73 Å². The number of rotatable bonds is 3. The van der Waals surface area contributed by atoms with Gasteiger partial charge in [0.25, 0.3) is 0 Å². The molecule has 0 saturated heterocycles. The summed E-state index contributed by atoms with van der Waals surface area (Å²) in [6.07, 6.45) is 3.96. The van der Waals surface area contributed by atoms with Gasteiger partial charge in [-0.25, -0.2) is 4.79 Å². The Kier molecular flexibility index (Phi) is 5.29. The third-order valence-corrected chi connectivity index (χ3v) is 3.59. The Bertz CT molecular complexity index is 511. The van der Waals surface area contributed by atoms with Crippen molar-refractivity contribution in [3.63, 3.8) is 0 Å². The van der Waals surface area contributed by atoms with Gasteiger partial charge >= 0.3 is 6.09 Å². The highest BCUT2D eigenvalue weighted by Crippen LogP contribution is 2.23. The maximum atomic E-state index is 11.8. The van der Waals surface area contributed by atoms with E-state index in [1.165, 1.54) is 0 Å². The minimum absolute atomic E-state index is 0.286. The first-order valence-electron chi connectivity index (χ1n) is 7.94. The fourth-order valence-electron chi connectivity index (χ4n) is 2.70. The maximum absolute atomic E-state index is 11.8. The average molecular weight is 305 g/mol. The molecule has 22 heavy (non-hydrogen) atoms. The highest BCUT2D eigenvalue weighted by atomic mass is 16.6. The van der Waals surface area contributed by atoms with Crippen LogP contribution < -0.4 is 16.4 Å². The highest BCUT2D eigenvalue weighted by Gasteiger charge is 2.19. The topological polar surface area (TPSA) is 76.4 Å².